The molecule has 0 aliphatic heterocycles. The molecule has 0 aliphatic carbocycles. The molecular formula is C21H22N6O2. The molecule has 1 aromatic carbocycles. The minimum atomic E-state index is 0.454. The number of nitrogens with zero attached hydrogens (tertiary/aromatic N) is 5. The fourth-order valence-electron chi connectivity index (χ4n) is 2.90. The third-order valence-electron chi connectivity index (χ3n) is 4.80. The van der Waals surface area contributed by atoms with Crippen LogP contribution < -0.4 is 10.1 Å². The van der Waals surface area contributed by atoms with E-state index in [0.717, 1.165) is 34.0 Å². The average molecular weight is 390 g/mol. The van der Waals surface area contributed by atoms with Gasteiger partial charge in [-0.25, -0.2) is 4.98 Å². The number of pyridine rings is 1. The highest BCUT2D eigenvalue weighted by atomic mass is 16.5. The highest BCUT2D eigenvalue weighted by Crippen LogP contribution is 2.20. The van der Waals surface area contributed by atoms with Crippen molar-refractivity contribution in [2.24, 2.45) is 7.05 Å². The summed E-state index contributed by atoms with van der Waals surface area (Å²) in [5.41, 5.74) is 4.13. The summed E-state index contributed by atoms with van der Waals surface area (Å²) in [4.78, 5) is 8.91. The standard InChI is InChI=1S/C21H22N6O2/c1-14-17(13-24-27(14)2)12-23-19-9-6-16(11-22-19)21-25-20(26-29-21)10-15-4-7-18(28-3)8-5-15/h4-9,11,13H,10,12H2,1-3H3,(H,22,23). The van der Waals surface area contributed by atoms with Crippen LogP contribution in [0, 0.1) is 6.92 Å². The lowest BCUT2D eigenvalue weighted by Gasteiger charge is -2.05. The first-order chi connectivity index (χ1) is 14.1. The molecule has 0 radical (unpaired) electrons. The minimum absolute atomic E-state index is 0.454. The Morgan fingerprint density at radius 2 is 1.93 bits per heavy atom. The topological polar surface area (TPSA) is 90.9 Å². The van der Waals surface area contributed by atoms with Crippen molar-refractivity contribution in [3.8, 4) is 17.2 Å². The van der Waals surface area contributed by atoms with E-state index >= 15 is 0 Å². The van der Waals surface area contributed by atoms with Gasteiger partial charge in [-0.3, -0.25) is 4.68 Å². The molecule has 0 unspecified atom stereocenters. The predicted molar refractivity (Wildman–Crippen MR) is 109 cm³/mol. The van der Waals surface area contributed by atoms with Crippen molar-refractivity contribution in [1.29, 1.82) is 0 Å². The lowest BCUT2D eigenvalue weighted by Crippen LogP contribution is -2.02. The smallest absolute Gasteiger partial charge is 0.259 e. The van der Waals surface area contributed by atoms with E-state index in [-0.39, 0.29) is 0 Å². The maximum absolute atomic E-state index is 5.40. The Balaban J connectivity index is 1.39. The maximum atomic E-state index is 5.40. The van der Waals surface area contributed by atoms with Gasteiger partial charge in [0.15, 0.2) is 5.82 Å². The Kier molecular flexibility index (Phi) is 5.24. The number of hydrogen-bond acceptors (Lipinski definition) is 7. The summed E-state index contributed by atoms with van der Waals surface area (Å²) in [6, 6.07) is 11.6. The Bertz CT molecular complexity index is 1080. The van der Waals surface area contributed by atoms with Crippen LogP contribution in [0.2, 0.25) is 0 Å². The number of nitrogens with one attached hydrogen (secondary N) is 1. The number of methoxy groups -OCH3 is 1. The Morgan fingerprint density at radius 3 is 2.59 bits per heavy atom. The third kappa shape index (κ3) is 4.26. The van der Waals surface area contributed by atoms with Crippen molar-refractivity contribution in [2.75, 3.05) is 12.4 Å². The SMILES string of the molecule is COc1ccc(Cc2noc(-c3ccc(NCc4cnn(C)c4C)nc3)n2)cc1. The Morgan fingerprint density at radius 1 is 1.10 bits per heavy atom. The molecule has 0 aliphatic rings. The molecule has 0 spiro atoms. The van der Waals surface area contributed by atoms with E-state index in [1.165, 1.54) is 0 Å². The van der Waals surface area contributed by atoms with Crippen LogP contribution in [0.15, 0.2) is 53.3 Å². The van der Waals surface area contributed by atoms with Crippen LogP contribution in [0.3, 0.4) is 0 Å². The lowest BCUT2D eigenvalue weighted by molar-refractivity contribution is 0.414. The first-order valence-corrected chi connectivity index (χ1v) is 9.25. The molecule has 148 valence electrons. The van der Waals surface area contributed by atoms with Crippen molar-refractivity contribution in [2.45, 2.75) is 19.9 Å². The van der Waals surface area contributed by atoms with Crippen LogP contribution in [-0.4, -0.2) is 32.0 Å². The van der Waals surface area contributed by atoms with Crippen LogP contribution in [0.5, 0.6) is 5.75 Å². The fraction of sp³-hybridized carbons (Fsp3) is 0.238. The number of hydrogen-bond donors (Lipinski definition) is 1. The van der Waals surface area contributed by atoms with Gasteiger partial charge >= 0.3 is 0 Å². The number of benzene rings is 1. The van der Waals surface area contributed by atoms with E-state index < -0.39 is 0 Å². The van der Waals surface area contributed by atoms with Gasteiger partial charge in [-0.05, 0) is 36.8 Å². The Labute approximate surface area is 168 Å². The molecular weight excluding hydrogens is 368 g/mol. The van der Waals surface area contributed by atoms with Gasteiger partial charge in [-0.2, -0.15) is 10.1 Å². The first-order valence-electron chi connectivity index (χ1n) is 9.25. The van der Waals surface area contributed by atoms with Crippen molar-refractivity contribution in [3.05, 3.63) is 71.4 Å². The van der Waals surface area contributed by atoms with E-state index in [1.54, 1.807) is 13.3 Å². The maximum Gasteiger partial charge on any atom is 0.259 e. The summed E-state index contributed by atoms with van der Waals surface area (Å²) >= 11 is 0. The second-order valence-electron chi connectivity index (χ2n) is 6.71. The van der Waals surface area contributed by atoms with Gasteiger partial charge in [-0.15, -0.1) is 0 Å². The number of rotatable bonds is 7. The van der Waals surface area contributed by atoms with E-state index in [1.807, 2.05) is 61.2 Å². The highest BCUT2D eigenvalue weighted by molar-refractivity contribution is 5.54. The van der Waals surface area contributed by atoms with Crippen LogP contribution in [-0.2, 0) is 20.0 Å². The molecule has 4 rings (SSSR count). The molecule has 29 heavy (non-hydrogen) atoms. The molecule has 0 amide bonds. The van der Waals surface area contributed by atoms with Crippen LogP contribution >= 0.6 is 0 Å². The molecule has 4 aromatic rings. The van der Waals surface area contributed by atoms with Gasteiger partial charge in [0.05, 0.1) is 18.9 Å². The largest absolute Gasteiger partial charge is 0.497 e. The van der Waals surface area contributed by atoms with Crippen molar-refractivity contribution >= 4 is 5.82 Å². The summed E-state index contributed by atoms with van der Waals surface area (Å²) in [6.45, 7) is 2.71. The molecule has 8 heteroatoms. The minimum Gasteiger partial charge on any atom is -0.497 e. The quantitative estimate of drug-likeness (QED) is 0.517. The monoisotopic (exact) mass is 390 g/mol. The van der Waals surface area contributed by atoms with Crippen molar-refractivity contribution < 1.29 is 9.26 Å². The number of aromatic nitrogens is 5. The lowest BCUT2D eigenvalue weighted by atomic mass is 10.1. The molecule has 0 saturated carbocycles. The molecule has 1 N–H and O–H groups in total. The second kappa shape index (κ2) is 8.14. The summed E-state index contributed by atoms with van der Waals surface area (Å²) in [7, 11) is 3.58. The van der Waals surface area contributed by atoms with E-state index in [2.05, 4.69) is 25.5 Å². The van der Waals surface area contributed by atoms with Gasteiger partial charge in [0.2, 0.25) is 0 Å². The number of anilines is 1. The Hall–Kier alpha value is -3.68. The van der Waals surface area contributed by atoms with Gasteiger partial charge in [0.1, 0.15) is 11.6 Å². The van der Waals surface area contributed by atoms with Crippen molar-refractivity contribution in [3.63, 3.8) is 0 Å². The zero-order valence-electron chi connectivity index (χ0n) is 16.6. The fourth-order valence-corrected chi connectivity index (χ4v) is 2.90. The van der Waals surface area contributed by atoms with E-state index in [0.29, 0.717) is 24.7 Å². The average Bonchev–Trinajstić information content (AvgIpc) is 3.34. The summed E-state index contributed by atoms with van der Waals surface area (Å²) in [5.74, 6) is 2.67. The number of ether oxygens (including phenoxy) is 1. The first kappa shape index (κ1) is 18.7. The molecule has 3 aromatic heterocycles. The molecule has 0 bridgehead atoms. The zero-order valence-corrected chi connectivity index (χ0v) is 16.6. The summed E-state index contributed by atoms with van der Waals surface area (Å²) in [5, 5.41) is 11.6. The molecule has 8 nitrogen and oxygen atoms in total. The van der Waals surface area contributed by atoms with E-state index in [4.69, 9.17) is 9.26 Å². The van der Waals surface area contributed by atoms with E-state index in [9.17, 15) is 0 Å². The second-order valence-corrected chi connectivity index (χ2v) is 6.71. The summed E-state index contributed by atoms with van der Waals surface area (Å²) in [6.07, 6.45) is 4.17. The predicted octanol–water partition coefficient (Wildman–Crippen LogP) is 3.39. The van der Waals surface area contributed by atoms with Crippen LogP contribution in [0.4, 0.5) is 5.82 Å². The molecule has 0 fully saturated rings. The number of aryl methyl sites for hydroxylation is 1. The van der Waals surface area contributed by atoms with Gasteiger partial charge in [-0.1, -0.05) is 17.3 Å². The molecule has 0 atom stereocenters. The van der Waals surface area contributed by atoms with Crippen LogP contribution in [0.25, 0.3) is 11.5 Å². The molecule has 3 heterocycles. The van der Waals surface area contributed by atoms with Gasteiger partial charge in [0, 0.05) is 37.5 Å². The van der Waals surface area contributed by atoms with Crippen LogP contribution in [0.1, 0.15) is 22.6 Å². The van der Waals surface area contributed by atoms with Crippen molar-refractivity contribution in [1.82, 2.24) is 24.9 Å². The highest BCUT2D eigenvalue weighted by Gasteiger charge is 2.11. The normalized spacial score (nSPS) is 10.9. The van der Waals surface area contributed by atoms with Gasteiger partial charge < -0.3 is 14.6 Å². The van der Waals surface area contributed by atoms with Gasteiger partial charge in [0.25, 0.3) is 5.89 Å². The zero-order chi connectivity index (χ0) is 20.2. The third-order valence-corrected chi connectivity index (χ3v) is 4.80. The summed E-state index contributed by atoms with van der Waals surface area (Å²) < 4.78 is 12.4. The molecule has 0 saturated heterocycles.